The molecule has 0 unspecified atom stereocenters. The molecule has 190 valence electrons. The van der Waals surface area contributed by atoms with Gasteiger partial charge in [-0.25, -0.2) is 17.6 Å². The van der Waals surface area contributed by atoms with Crippen molar-refractivity contribution in [2.45, 2.75) is 31.3 Å². The standard InChI is InChI=1S/C25H31FN2O6S/c1-25(2,3)34-24(29)27-15-18(16-27)17-33-23-9-6-20(14-22(23)26)19-4-7-21(8-5-19)35(30,31)28-10-12-32-13-11-28/h4-9,14,18H,10-13,15-17H2,1-3H3. The maximum absolute atomic E-state index is 14.7. The van der Waals surface area contributed by atoms with Crippen LogP contribution < -0.4 is 4.74 Å². The lowest BCUT2D eigenvalue weighted by atomic mass is 10.0. The maximum atomic E-state index is 14.7. The predicted molar refractivity (Wildman–Crippen MR) is 128 cm³/mol. The molecule has 0 spiro atoms. The van der Waals surface area contributed by atoms with Crippen LogP contribution >= 0.6 is 0 Å². The number of rotatable bonds is 6. The van der Waals surface area contributed by atoms with Crippen molar-refractivity contribution in [2.24, 2.45) is 5.92 Å². The van der Waals surface area contributed by atoms with Crippen LogP contribution in [-0.4, -0.2) is 75.3 Å². The van der Waals surface area contributed by atoms with E-state index in [4.69, 9.17) is 14.2 Å². The fourth-order valence-corrected chi connectivity index (χ4v) is 5.32. The van der Waals surface area contributed by atoms with Crippen molar-refractivity contribution in [3.8, 4) is 16.9 Å². The SMILES string of the molecule is CC(C)(C)OC(=O)N1CC(COc2ccc(-c3ccc(S(=O)(=O)N4CCOCC4)cc3)cc2F)C1. The molecule has 8 nitrogen and oxygen atoms in total. The Morgan fingerprint density at radius 2 is 1.69 bits per heavy atom. The Morgan fingerprint density at radius 3 is 2.29 bits per heavy atom. The first-order valence-corrected chi connectivity index (χ1v) is 13.1. The Labute approximate surface area is 205 Å². The number of carbonyl (C=O) groups excluding carboxylic acids is 1. The number of sulfonamides is 1. The lowest BCUT2D eigenvalue weighted by molar-refractivity contribution is -0.00805. The van der Waals surface area contributed by atoms with Gasteiger partial charge >= 0.3 is 6.09 Å². The van der Waals surface area contributed by atoms with E-state index in [1.807, 2.05) is 20.8 Å². The van der Waals surface area contributed by atoms with Crippen molar-refractivity contribution in [3.05, 3.63) is 48.3 Å². The number of amides is 1. The zero-order chi connectivity index (χ0) is 25.2. The van der Waals surface area contributed by atoms with Crippen LogP contribution in [-0.2, 0) is 19.5 Å². The molecule has 2 aliphatic heterocycles. The average molecular weight is 507 g/mol. The first-order valence-electron chi connectivity index (χ1n) is 11.6. The van der Waals surface area contributed by atoms with Crippen LogP contribution in [0, 0.1) is 11.7 Å². The third-order valence-electron chi connectivity index (χ3n) is 5.81. The topological polar surface area (TPSA) is 85.4 Å². The first kappa shape index (κ1) is 25.4. The minimum Gasteiger partial charge on any atom is -0.490 e. The number of hydrogen-bond acceptors (Lipinski definition) is 6. The molecule has 0 aliphatic carbocycles. The van der Waals surface area contributed by atoms with E-state index in [0.717, 1.165) is 0 Å². The minimum absolute atomic E-state index is 0.113. The Morgan fingerprint density at radius 1 is 1.06 bits per heavy atom. The predicted octanol–water partition coefficient (Wildman–Crippen LogP) is 3.76. The summed E-state index contributed by atoms with van der Waals surface area (Å²) in [5, 5.41) is 0. The van der Waals surface area contributed by atoms with Crippen LogP contribution in [0.1, 0.15) is 20.8 Å². The molecule has 1 amide bonds. The zero-order valence-corrected chi connectivity index (χ0v) is 21.0. The van der Waals surface area contributed by atoms with Gasteiger partial charge < -0.3 is 19.1 Å². The van der Waals surface area contributed by atoms with E-state index in [-0.39, 0.29) is 22.7 Å². The molecule has 2 aliphatic rings. The summed E-state index contributed by atoms with van der Waals surface area (Å²) in [6.07, 6.45) is -0.354. The monoisotopic (exact) mass is 506 g/mol. The van der Waals surface area contributed by atoms with Crippen LogP contribution in [0.25, 0.3) is 11.1 Å². The molecular weight excluding hydrogens is 475 g/mol. The van der Waals surface area contributed by atoms with E-state index in [1.165, 1.54) is 22.5 Å². The van der Waals surface area contributed by atoms with Gasteiger partial charge in [0.15, 0.2) is 11.6 Å². The second-order valence-corrected chi connectivity index (χ2v) is 11.7. The number of morpholine rings is 1. The van der Waals surface area contributed by atoms with E-state index >= 15 is 0 Å². The summed E-state index contributed by atoms with van der Waals surface area (Å²) < 4.78 is 57.8. The van der Waals surface area contributed by atoms with Crippen LogP contribution in [0.2, 0.25) is 0 Å². The smallest absolute Gasteiger partial charge is 0.410 e. The third kappa shape index (κ3) is 6.12. The molecule has 0 radical (unpaired) electrons. The molecule has 2 aromatic carbocycles. The van der Waals surface area contributed by atoms with Crippen LogP contribution in [0.4, 0.5) is 9.18 Å². The molecule has 0 bridgehead atoms. The van der Waals surface area contributed by atoms with E-state index in [1.54, 1.807) is 29.2 Å². The molecule has 0 saturated carbocycles. The highest BCUT2D eigenvalue weighted by atomic mass is 32.2. The maximum Gasteiger partial charge on any atom is 0.410 e. The zero-order valence-electron chi connectivity index (χ0n) is 20.2. The molecule has 10 heteroatoms. The number of nitrogens with zero attached hydrogens (tertiary/aromatic N) is 2. The van der Waals surface area contributed by atoms with Gasteiger partial charge in [0, 0.05) is 32.1 Å². The number of halogens is 1. The first-order chi connectivity index (χ1) is 16.5. The summed E-state index contributed by atoms with van der Waals surface area (Å²) in [6.45, 7) is 8.19. The number of ether oxygens (including phenoxy) is 3. The second-order valence-electron chi connectivity index (χ2n) is 9.75. The van der Waals surface area contributed by atoms with E-state index in [0.29, 0.717) is 57.1 Å². The largest absolute Gasteiger partial charge is 0.490 e. The summed E-state index contributed by atoms with van der Waals surface area (Å²) in [5.41, 5.74) is 0.772. The van der Waals surface area contributed by atoms with Crippen molar-refractivity contribution in [1.82, 2.24) is 9.21 Å². The molecular formula is C25H31FN2O6S. The number of carbonyl (C=O) groups is 1. The van der Waals surface area contributed by atoms with Gasteiger partial charge in [-0.15, -0.1) is 0 Å². The molecule has 0 N–H and O–H groups in total. The Balaban J connectivity index is 1.33. The summed E-state index contributed by atoms with van der Waals surface area (Å²) in [6, 6.07) is 11.1. The Kier molecular flexibility index (Phi) is 7.35. The summed E-state index contributed by atoms with van der Waals surface area (Å²) >= 11 is 0. The van der Waals surface area contributed by atoms with Crippen molar-refractivity contribution in [2.75, 3.05) is 46.0 Å². The normalized spacial score (nSPS) is 17.7. The molecule has 2 heterocycles. The molecule has 2 saturated heterocycles. The fraction of sp³-hybridized carbons (Fsp3) is 0.480. The Bertz CT molecular complexity index is 1150. The van der Waals surface area contributed by atoms with E-state index < -0.39 is 21.4 Å². The van der Waals surface area contributed by atoms with E-state index in [9.17, 15) is 17.6 Å². The number of benzene rings is 2. The quantitative estimate of drug-likeness (QED) is 0.593. The highest BCUT2D eigenvalue weighted by molar-refractivity contribution is 7.89. The van der Waals surface area contributed by atoms with Gasteiger partial charge in [0.05, 0.1) is 24.7 Å². The average Bonchev–Trinajstić information content (AvgIpc) is 2.78. The van der Waals surface area contributed by atoms with Crippen molar-refractivity contribution in [3.63, 3.8) is 0 Å². The summed E-state index contributed by atoms with van der Waals surface area (Å²) in [4.78, 5) is 13.8. The molecule has 4 rings (SSSR count). The Hall–Kier alpha value is -2.69. The van der Waals surface area contributed by atoms with Gasteiger partial charge in [-0.2, -0.15) is 4.31 Å². The van der Waals surface area contributed by atoms with Gasteiger partial charge in [0.2, 0.25) is 10.0 Å². The molecule has 0 atom stereocenters. The summed E-state index contributed by atoms with van der Waals surface area (Å²) in [7, 11) is -3.58. The molecule has 2 fully saturated rings. The van der Waals surface area contributed by atoms with Crippen LogP contribution in [0.3, 0.4) is 0 Å². The molecule has 2 aromatic rings. The number of likely N-dealkylation sites (tertiary alicyclic amines) is 1. The van der Waals surface area contributed by atoms with Crippen LogP contribution in [0.15, 0.2) is 47.4 Å². The molecule has 35 heavy (non-hydrogen) atoms. The number of hydrogen-bond donors (Lipinski definition) is 0. The lowest BCUT2D eigenvalue weighted by Gasteiger charge is -2.39. The fourth-order valence-electron chi connectivity index (χ4n) is 3.91. The van der Waals surface area contributed by atoms with E-state index in [2.05, 4.69) is 0 Å². The second kappa shape index (κ2) is 10.1. The van der Waals surface area contributed by atoms with Gasteiger partial charge in [-0.1, -0.05) is 18.2 Å². The van der Waals surface area contributed by atoms with Gasteiger partial charge in [-0.05, 0) is 56.2 Å². The van der Waals surface area contributed by atoms with Crippen molar-refractivity contribution >= 4 is 16.1 Å². The van der Waals surface area contributed by atoms with Gasteiger partial charge in [0.1, 0.15) is 5.60 Å². The highest BCUT2D eigenvalue weighted by Gasteiger charge is 2.34. The van der Waals surface area contributed by atoms with Crippen molar-refractivity contribution in [1.29, 1.82) is 0 Å². The van der Waals surface area contributed by atoms with Crippen molar-refractivity contribution < 1.29 is 31.8 Å². The minimum atomic E-state index is -3.58. The van der Waals surface area contributed by atoms with Gasteiger partial charge in [-0.3, -0.25) is 0 Å². The summed E-state index contributed by atoms with van der Waals surface area (Å²) in [5.74, 6) is -0.255. The van der Waals surface area contributed by atoms with Crippen LogP contribution in [0.5, 0.6) is 5.75 Å². The highest BCUT2D eigenvalue weighted by Crippen LogP contribution is 2.28. The van der Waals surface area contributed by atoms with Gasteiger partial charge in [0.25, 0.3) is 0 Å². The lowest BCUT2D eigenvalue weighted by Crippen LogP contribution is -2.53. The molecule has 0 aromatic heterocycles. The third-order valence-corrected chi connectivity index (χ3v) is 7.72.